The van der Waals surface area contributed by atoms with Crippen molar-refractivity contribution in [2.75, 3.05) is 51.7 Å². The first kappa shape index (κ1) is 27.5. The molecule has 43 heavy (non-hydrogen) atoms. The highest BCUT2D eigenvalue weighted by atomic mass is 16.5. The molecule has 1 spiro atoms. The summed E-state index contributed by atoms with van der Waals surface area (Å²) >= 11 is 0. The lowest BCUT2D eigenvalue weighted by molar-refractivity contribution is -0.106. The number of fused-ring (bicyclic) bond motifs is 2. The topological polar surface area (TPSA) is 92.8 Å². The van der Waals surface area contributed by atoms with Crippen molar-refractivity contribution in [1.82, 2.24) is 33.9 Å². The number of benzene rings is 1. The molecular formula is C33H38N8O2. The Hall–Kier alpha value is -4.28. The van der Waals surface area contributed by atoms with E-state index in [0.717, 1.165) is 53.4 Å². The van der Waals surface area contributed by atoms with E-state index in [1.165, 1.54) is 13.1 Å². The van der Waals surface area contributed by atoms with Gasteiger partial charge in [-0.05, 0) is 50.2 Å². The number of carbonyl (C=O) groups is 1. The van der Waals surface area contributed by atoms with Crippen LogP contribution in [0.2, 0.25) is 0 Å². The number of ether oxygens (including phenoxy) is 1. The molecule has 0 radical (unpaired) electrons. The molecule has 0 atom stereocenters. The summed E-state index contributed by atoms with van der Waals surface area (Å²) in [5.74, 6) is 0.875. The molecule has 0 aliphatic carbocycles. The van der Waals surface area contributed by atoms with Crippen molar-refractivity contribution in [2.24, 2.45) is 5.41 Å². The van der Waals surface area contributed by atoms with Crippen LogP contribution < -0.4 is 10.1 Å². The summed E-state index contributed by atoms with van der Waals surface area (Å²) in [5, 5.41) is 8.82. The van der Waals surface area contributed by atoms with Gasteiger partial charge in [0.25, 0.3) is 5.91 Å². The number of amides is 1. The third-order valence-corrected chi connectivity index (χ3v) is 8.66. The summed E-state index contributed by atoms with van der Waals surface area (Å²) in [7, 11) is 2.18. The molecule has 2 aliphatic heterocycles. The molecule has 2 fully saturated rings. The van der Waals surface area contributed by atoms with E-state index in [1.54, 1.807) is 10.6 Å². The van der Waals surface area contributed by atoms with Gasteiger partial charge in [-0.2, -0.15) is 5.10 Å². The number of nitrogens with one attached hydrogen (secondary N) is 1. The standard InChI is InChI=1S/C33H38N8O2/c1-22(2)26-8-5-7-24(35-26)17-41-28-10-6-9-27(31(28)23(3)37-41)36-32(42)29-16-34-30-15-25(11-12-40(29)30)43-14-13-39-20-33(21-39)18-38(4)19-33/h5-12,15-16,22H,13-14,17-21H2,1-4H3,(H,36,42). The van der Waals surface area contributed by atoms with E-state index in [0.29, 0.717) is 41.5 Å². The third kappa shape index (κ3) is 5.25. The maximum atomic E-state index is 13.5. The zero-order valence-corrected chi connectivity index (χ0v) is 25.2. The maximum Gasteiger partial charge on any atom is 0.274 e. The van der Waals surface area contributed by atoms with E-state index in [1.807, 2.05) is 60.3 Å². The number of nitrogens with zero attached hydrogens (tertiary/aromatic N) is 7. The molecule has 0 saturated carbocycles. The number of hydrogen-bond acceptors (Lipinski definition) is 7. The highest BCUT2D eigenvalue weighted by Crippen LogP contribution is 2.38. The first-order chi connectivity index (χ1) is 20.8. The normalized spacial score (nSPS) is 16.6. The van der Waals surface area contributed by atoms with Crippen LogP contribution in [0.15, 0.2) is 60.9 Å². The molecule has 1 N–H and O–H groups in total. The van der Waals surface area contributed by atoms with Crippen molar-refractivity contribution in [1.29, 1.82) is 0 Å². The fourth-order valence-corrected chi connectivity index (χ4v) is 6.76. The molecule has 1 amide bonds. The zero-order valence-electron chi connectivity index (χ0n) is 25.2. The number of rotatable bonds is 9. The van der Waals surface area contributed by atoms with Crippen molar-refractivity contribution >= 4 is 28.1 Å². The van der Waals surface area contributed by atoms with Crippen LogP contribution in [0.5, 0.6) is 5.75 Å². The Labute approximate surface area is 251 Å². The SMILES string of the molecule is Cc1nn(Cc2cccc(C(C)C)n2)c2cccc(NC(=O)c3cnc4cc(OCCN5CC6(CN(C)C6)C5)ccn34)c12. The second-order valence-electron chi connectivity index (χ2n) is 12.6. The predicted octanol–water partition coefficient (Wildman–Crippen LogP) is 4.44. The van der Waals surface area contributed by atoms with Gasteiger partial charge in [-0.3, -0.25) is 23.8 Å². The van der Waals surface area contributed by atoms with E-state index < -0.39 is 0 Å². The van der Waals surface area contributed by atoms with Gasteiger partial charge in [0.15, 0.2) is 0 Å². The first-order valence-electron chi connectivity index (χ1n) is 15.0. The molecule has 2 saturated heterocycles. The molecule has 2 aliphatic rings. The van der Waals surface area contributed by atoms with Crippen LogP contribution in [0.4, 0.5) is 5.69 Å². The number of aromatic nitrogens is 5. The summed E-state index contributed by atoms with van der Waals surface area (Å²) < 4.78 is 9.77. The first-order valence-corrected chi connectivity index (χ1v) is 15.0. The van der Waals surface area contributed by atoms with E-state index >= 15 is 0 Å². The molecule has 10 nitrogen and oxygen atoms in total. The molecule has 0 unspecified atom stereocenters. The Morgan fingerprint density at radius 2 is 1.91 bits per heavy atom. The second kappa shape index (κ2) is 10.8. The largest absolute Gasteiger partial charge is 0.492 e. The van der Waals surface area contributed by atoms with E-state index in [4.69, 9.17) is 14.8 Å². The number of likely N-dealkylation sites (tertiary alicyclic amines) is 2. The average molecular weight is 579 g/mol. The Morgan fingerprint density at radius 1 is 1.09 bits per heavy atom. The number of hydrogen-bond donors (Lipinski definition) is 1. The Balaban J connectivity index is 1.03. The van der Waals surface area contributed by atoms with Gasteiger partial charge in [-0.15, -0.1) is 0 Å². The van der Waals surface area contributed by atoms with Gasteiger partial charge in [0.05, 0.1) is 35.3 Å². The lowest BCUT2D eigenvalue weighted by atomic mass is 9.73. The molecule has 5 aromatic rings. The van der Waals surface area contributed by atoms with Crippen molar-refractivity contribution in [3.63, 3.8) is 0 Å². The maximum absolute atomic E-state index is 13.5. The molecule has 0 bridgehead atoms. The van der Waals surface area contributed by atoms with E-state index in [-0.39, 0.29) is 5.91 Å². The molecule has 7 rings (SSSR count). The number of carbonyl (C=O) groups excluding carboxylic acids is 1. The van der Waals surface area contributed by atoms with Crippen LogP contribution in [0.3, 0.4) is 0 Å². The summed E-state index contributed by atoms with van der Waals surface area (Å²) in [6.07, 6.45) is 3.45. The summed E-state index contributed by atoms with van der Waals surface area (Å²) in [6.45, 7) is 13.1. The summed E-state index contributed by atoms with van der Waals surface area (Å²) in [6, 6.07) is 15.8. The van der Waals surface area contributed by atoms with Crippen LogP contribution >= 0.6 is 0 Å². The minimum atomic E-state index is -0.236. The van der Waals surface area contributed by atoms with Crippen LogP contribution in [0, 0.1) is 12.3 Å². The number of pyridine rings is 2. The van der Waals surface area contributed by atoms with Crippen molar-refractivity contribution in [3.8, 4) is 5.75 Å². The van der Waals surface area contributed by atoms with Gasteiger partial charge in [0.1, 0.15) is 23.7 Å². The molecule has 1 aromatic carbocycles. The lowest BCUT2D eigenvalue weighted by Crippen LogP contribution is -2.71. The average Bonchev–Trinajstić information content (AvgIpc) is 3.52. The Kier molecular flexibility index (Phi) is 6.90. The lowest BCUT2D eigenvalue weighted by Gasteiger charge is -2.59. The predicted molar refractivity (Wildman–Crippen MR) is 167 cm³/mol. The van der Waals surface area contributed by atoms with Crippen molar-refractivity contribution in [2.45, 2.75) is 33.2 Å². The van der Waals surface area contributed by atoms with Gasteiger partial charge in [0, 0.05) is 61.5 Å². The molecule has 4 aromatic heterocycles. The fraction of sp³-hybridized carbons (Fsp3) is 0.394. The highest BCUT2D eigenvalue weighted by molar-refractivity contribution is 6.08. The second-order valence-corrected chi connectivity index (χ2v) is 12.6. The minimum absolute atomic E-state index is 0.236. The minimum Gasteiger partial charge on any atom is -0.492 e. The smallest absolute Gasteiger partial charge is 0.274 e. The highest BCUT2D eigenvalue weighted by Gasteiger charge is 2.49. The third-order valence-electron chi connectivity index (χ3n) is 8.66. The van der Waals surface area contributed by atoms with Crippen LogP contribution in [-0.4, -0.2) is 86.2 Å². The Morgan fingerprint density at radius 3 is 2.70 bits per heavy atom. The molecule has 222 valence electrons. The fourth-order valence-electron chi connectivity index (χ4n) is 6.76. The van der Waals surface area contributed by atoms with Crippen molar-refractivity contribution in [3.05, 3.63) is 83.7 Å². The van der Waals surface area contributed by atoms with E-state index in [9.17, 15) is 4.79 Å². The quantitative estimate of drug-likeness (QED) is 0.277. The number of imidazole rings is 1. The van der Waals surface area contributed by atoms with Gasteiger partial charge >= 0.3 is 0 Å². The van der Waals surface area contributed by atoms with Crippen molar-refractivity contribution < 1.29 is 9.53 Å². The van der Waals surface area contributed by atoms with Gasteiger partial charge in [0.2, 0.25) is 0 Å². The number of anilines is 1. The van der Waals surface area contributed by atoms with Crippen LogP contribution in [0.1, 0.15) is 47.3 Å². The molecular weight excluding hydrogens is 540 g/mol. The van der Waals surface area contributed by atoms with Crippen LogP contribution in [0.25, 0.3) is 16.6 Å². The zero-order chi connectivity index (χ0) is 29.7. The van der Waals surface area contributed by atoms with Crippen LogP contribution in [-0.2, 0) is 6.54 Å². The molecule has 10 heteroatoms. The summed E-state index contributed by atoms with van der Waals surface area (Å²) in [5.41, 5.74) is 6.17. The summed E-state index contributed by atoms with van der Waals surface area (Å²) in [4.78, 5) is 27.6. The molecule has 6 heterocycles. The number of aryl methyl sites for hydroxylation is 1. The monoisotopic (exact) mass is 578 g/mol. The van der Waals surface area contributed by atoms with Gasteiger partial charge in [-0.25, -0.2) is 4.98 Å². The van der Waals surface area contributed by atoms with E-state index in [2.05, 4.69) is 47.1 Å². The Bertz CT molecular complexity index is 1810. The van der Waals surface area contributed by atoms with Gasteiger partial charge < -0.3 is 15.0 Å². The van der Waals surface area contributed by atoms with Gasteiger partial charge in [-0.1, -0.05) is 26.0 Å².